The molecule has 462 valence electrons. The highest BCUT2D eigenvalue weighted by Gasteiger charge is 2.30. The van der Waals surface area contributed by atoms with Crippen LogP contribution in [0.1, 0.15) is 284 Å². The molecule has 0 saturated carbocycles. The Kier molecular flexibility index (Phi) is 56.8. The standard InChI is InChI=1S/C70H125N2O7P/c1-7-10-13-16-19-22-25-28-30-32-34-35-36-37-39-40-42-44-47-50-53-56-59-62-69(73)71-67(66-78-80(75,76)77-65-64-72(4,5)6)68(61-58-55-52-49-46-27-24-21-18-15-12-9-3)79-70(74)63-60-57-54-51-48-45-43-41-38-33-31-29-26-23-20-17-14-11-8-2/h10,13,19,22,28-31,34-35,37,39,42,44,58,61,67-68H,7-9,11-12,14-18,20-21,23-27,32-33,36,38,40-41,43,45-57,59-60,62-66H2,1-6H3,(H-,71,73,75,76)/p+1/b13-10-,22-19-,30-28-,31-29+,35-34-,39-37-,44-42-,61-58-. The van der Waals surface area contributed by atoms with Crippen LogP contribution in [-0.2, 0) is 27.9 Å². The minimum absolute atomic E-state index is 0.0306. The lowest BCUT2D eigenvalue weighted by Gasteiger charge is -2.27. The van der Waals surface area contributed by atoms with Gasteiger partial charge in [0.1, 0.15) is 19.3 Å². The zero-order chi connectivity index (χ0) is 58.6. The molecule has 2 N–H and O–H groups in total. The average molecular weight is 1140 g/mol. The Bertz CT molecular complexity index is 1690. The van der Waals surface area contributed by atoms with Gasteiger partial charge in [-0.15, -0.1) is 0 Å². The van der Waals surface area contributed by atoms with Crippen LogP contribution < -0.4 is 5.32 Å². The van der Waals surface area contributed by atoms with Crippen LogP contribution in [0.25, 0.3) is 0 Å². The summed E-state index contributed by atoms with van der Waals surface area (Å²) in [7, 11) is 1.47. The smallest absolute Gasteiger partial charge is 0.456 e. The van der Waals surface area contributed by atoms with Crippen LogP contribution >= 0.6 is 7.82 Å². The van der Waals surface area contributed by atoms with E-state index in [4.69, 9.17) is 13.8 Å². The summed E-state index contributed by atoms with van der Waals surface area (Å²) in [6, 6.07) is -0.868. The number of likely N-dealkylation sites (N-methyl/N-ethyl adjacent to an activating group) is 1. The van der Waals surface area contributed by atoms with Crippen molar-refractivity contribution in [3.63, 3.8) is 0 Å². The number of allylic oxidation sites excluding steroid dienone is 15. The normalized spacial score (nSPS) is 14.2. The number of hydrogen-bond donors (Lipinski definition) is 2. The summed E-state index contributed by atoms with van der Waals surface area (Å²) in [6.07, 6.45) is 79.8. The fraction of sp³-hybridized carbons (Fsp3) is 0.743. The number of nitrogens with zero attached hydrogens (tertiary/aromatic N) is 1. The molecule has 0 bridgehead atoms. The number of esters is 1. The van der Waals surface area contributed by atoms with Gasteiger partial charge in [0.05, 0.1) is 33.8 Å². The molecule has 0 radical (unpaired) electrons. The number of hydrogen-bond acceptors (Lipinski definition) is 6. The second-order valence-electron chi connectivity index (χ2n) is 23.3. The number of phosphoric acid groups is 1. The van der Waals surface area contributed by atoms with E-state index >= 15 is 0 Å². The lowest BCUT2D eigenvalue weighted by Crippen LogP contribution is -2.47. The first-order chi connectivity index (χ1) is 38.9. The number of phosphoric ester groups is 1. The first kappa shape index (κ1) is 76.9. The molecular formula is C70H126N2O7P+. The van der Waals surface area contributed by atoms with Crippen molar-refractivity contribution in [2.24, 2.45) is 0 Å². The van der Waals surface area contributed by atoms with Gasteiger partial charge < -0.3 is 19.4 Å². The Balaban J connectivity index is 5.24. The van der Waals surface area contributed by atoms with E-state index in [-0.39, 0.29) is 31.5 Å². The maximum absolute atomic E-state index is 13.6. The summed E-state index contributed by atoms with van der Waals surface area (Å²) >= 11 is 0. The topological polar surface area (TPSA) is 111 Å². The molecule has 1 amide bonds. The van der Waals surface area contributed by atoms with Crippen molar-refractivity contribution >= 4 is 19.7 Å². The number of nitrogens with one attached hydrogen (secondary N) is 1. The maximum Gasteiger partial charge on any atom is 0.472 e. The van der Waals surface area contributed by atoms with Crippen LogP contribution in [0, 0.1) is 0 Å². The van der Waals surface area contributed by atoms with Gasteiger partial charge in [-0.05, 0) is 109 Å². The molecule has 0 heterocycles. The molecule has 0 aliphatic carbocycles. The van der Waals surface area contributed by atoms with Gasteiger partial charge in [-0.25, -0.2) is 4.57 Å². The van der Waals surface area contributed by atoms with E-state index in [0.717, 1.165) is 103 Å². The third-order valence-corrected chi connectivity index (χ3v) is 15.2. The van der Waals surface area contributed by atoms with E-state index in [0.29, 0.717) is 23.9 Å². The number of carbonyl (C=O) groups excluding carboxylic acids is 2. The van der Waals surface area contributed by atoms with Crippen LogP contribution in [0.5, 0.6) is 0 Å². The summed E-state index contributed by atoms with van der Waals surface area (Å²) < 4.78 is 30.7. The lowest BCUT2D eigenvalue weighted by molar-refractivity contribution is -0.870. The molecule has 0 fully saturated rings. The van der Waals surface area contributed by atoms with E-state index in [1.165, 1.54) is 141 Å². The van der Waals surface area contributed by atoms with E-state index in [1.54, 1.807) is 0 Å². The van der Waals surface area contributed by atoms with Crippen molar-refractivity contribution in [2.45, 2.75) is 296 Å². The van der Waals surface area contributed by atoms with Crippen LogP contribution in [0.15, 0.2) is 97.2 Å². The highest BCUT2D eigenvalue weighted by molar-refractivity contribution is 7.47. The largest absolute Gasteiger partial charge is 0.472 e. The lowest BCUT2D eigenvalue weighted by atomic mass is 10.0. The third kappa shape index (κ3) is 59.5. The molecule has 0 saturated heterocycles. The van der Waals surface area contributed by atoms with Crippen molar-refractivity contribution in [1.29, 1.82) is 0 Å². The van der Waals surface area contributed by atoms with Gasteiger partial charge in [-0.1, -0.05) is 260 Å². The fourth-order valence-electron chi connectivity index (χ4n) is 9.17. The molecule has 3 unspecified atom stereocenters. The van der Waals surface area contributed by atoms with Gasteiger partial charge in [-0.2, -0.15) is 0 Å². The van der Waals surface area contributed by atoms with Gasteiger partial charge in [-0.3, -0.25) is 18.6 Å². The monoisotopic (exact) mass is 1140 g/mol. The summed E-state index contributed by atoms with van der Waals surface area (Å²) in [5.41, 5.74) is 0. The molecule has 9 nitrogen and oxygen atoms in total. The Morgan fingerprint density at radius 2 is 0.800 bits per heavy atom. The molecule has 0 aromatic heterocycles. The summed E-state index contributed by atoms with van der Waals surface area (Å²) in [6.45, 7) is 6.88. The second-order valence-corrected chi connectivity index (χ2v) is 24.7. The molecule has 0 spiro atoms. The maximum atomic E-state index is 13.6. The number of unbranched alkanes of at least 4 members (excludes halogenated alkanes) is 29. The number of amides is 1. The Hall–Kier alpha value is -3.07. The number of ether oxygens (including phenoxy) is 1. The quantitative estimate of drug-likeness (QED) is 0.0205. The van der Waals surface area contributed by atoms with Crippen molar-refractivity contribution in [3.05, 3.63) is 97.2 Å². The Morgan fingerprint density at radius 1 is 0.450 bits per heavy atom. The van der Waals surface area contributed by atoms with E-state index < -0.39 is 20.0 Å². The van der Waals surface area contributed by atoms with E-state index in [2.05, 4.69) is 111 Å². The highest BCUT2D eigenvalue weighted by atomic mass is 31.2. The van der Waals surface area contributed by atoms with Crippen molar-refractivity contribution < 1.29 is 37.3 Å². The van der Waals surface area contributed by atoms with E-state index in [9.17, 15) is 19.0 Å². The zero-order valence-corrected chi connectivity index (χ0v) is 53.7. The Morgan fingerprint density at radius 3 is 1.21 bits per heavy atom. The van der Waals surface area contributed by atoms with Crippen molar-refractivity contribution in [1.82, 2.24) is 5.32 Å². The molecule has 0 aliphatic heterocycles. The van der Waals surface area contributed by atoms with Gasteiger partial charge >= 0.3 is 13.8 Å². The minimum atomic E-state index is -4.46. The van der Waals surface area contributed by atoms with Gasteiger partial charge in [0.2, 0.25) is 5.91 Å². The van der Waals surface area contributed by atoms with Crippen LogP contribution in [0.2, 0.25) is 0 Å². The summed E-state index contributed by atoms with van der Waals surface area (Å²) in [5, 5.41) is 3.05. The van der Waals surface area contributed by atoms with Crippen LogP contribution in [0.4, 0.5) is 0 Å². The third-order valence-electron chi connectivity index (χ3n) is 14.3. The Labute approximate surface area is 494 Å². The van der Waals surface area contributed by atoms with Crippen molar-refractivity contribution in [2.75, 3.05) is 40.9 Å². The number of carbonyl (C=O) groups is 2. The molecule has 0 aromatic carbocycles. The molecule has 0 aromatic rings. The van der Waals surface area contributed by atoms with Gasteiger partial charge in [0.15, 0.2) is 0 Å². The molecule has 3 atom stereocenters. The van der Waals surface area contributed by atoms with Crippen LogP contribution in [-0.4, -0.2) is 74.3 Å². The van der Waals surface area contributed by atoms with Crippen molar-refractivity contribution in [3.8, 4) is 0 Å². The summed E-state index contributed by atoms with van der Waals surface area (Å²) in [4.78, 5) is 37.8. The first-order valence-electron chi connectivity index (χ1n) is 33.1. The van der Waals surface area contributed by atoms with Crippen LogP contribution in [0.3, 0.4) is 0 Å². The molecular weight excluding hydrogens is 1010 g/mol. The molecule has 0 aliphatic rings. The fourth-order valence-corrected chi connectivity index (χ4v) is 9.91. The summed E-state index contributed by atoms with van der Waals surface area (Å²) in [5.74, 6) is -0.536. The number of quaternary nitrogens is 1. The number of rotatable bonds is 59. The molecule has 0 rings (SSSR count). The minimum Gasteiger partial charge on any atom is -0.456 e. The predicted molar refractivity (Wildman–Crippen MR) is 346 cm³/mol. The predicted octanol–water partition coefficient (Wildman–Crippen LogP) is 20.7. The van der Waals surface area contributed by atoms with Gasteiger partial charge in [0, 0.05) is 12.8 Å². The zero-order valence-electron chi connectivity index (χ0n) is 52.8. The highest BCUT2D eigenvalue weighted by Crippen LogP contribution is 2.43. The first-order valence-corrected chi connectivity index (χ1v) is 34.6. The molecule has 10 heteroatoms. The average Bonchev–Trinajstić information content (AvgIpc) is 3.42. The molecule has 80 heavy (non-hydrogen) atoms. The van der Waals surface area contributed by atoms with E-state index in [1.807, 2.05) is 33.3 Å². The second kappa shape index (κ2) is 59.1. The SMILES string of the molecule is CC/C=C\C/C=C\C/C=C\C/C=C\C/C=C\C/C=C\CCCCCCC(=O)NC(COP(=O)(O)OCC[N+](C)(C)C)C(/C=C\CCCCCCCCCCCC)OC(=O)CCCCCCCCCCC/C=C/CCCCCCCC. The van der Waals surface area contributed by atoms with Gasteiger partial charge in [0.25, 0.3) is 0 Å².